The van der Waals surface area contributed by atoms with E-state index in [1.54, 1.807) is 25.1 Å². The van der Waals surface area contributed by atoms with Gasteiger partial charge < -0.3 is 15.5 Å². The van der Waals surface area contributed by atoms with Gasteiger partial charge in [-0.15, -0.1) is 0 Å². The van der Waals surface area contributed by atoms with Gasteiger partial charge in [0.1, 0.15) is 5.76 Å². The van der Waals surface area contributed by atoms with Gasteiger partial charge in [-0.2, -0.15) is 11.8 Å². The quantitative estimate of drug-likeness (QED) is 0.759. The van der Waals surface area contributed by atoms with Crippen LogP contribution in [0.3, 0.4) is 0 Å². The van der Waals surface area contributed by atoms with E-state index in [9.17, 15) is 4.79 Å². The van der Waals surface area contributed by atoms with Gasteiger partial charge in [0.25, 0.3) is 0 Å². The zero-order chi connectivity index (χ0) is 11.3. The van der Waals surface area contributed by atoms with Gasteiger partial charge in [0.05, 0.1) is 18.1 Å². The fraction of sp³-hybridized carbons (Fsp3) is 0.500. The molecule has 5 heteroatoms. The van der Waals surface area contributed by atoms with Gasteiger partial charge in [-0.25, -0.2) is 0 Å². The maximum Gasteiger partial charge on any atom is 0.235 e. The monoisotopic (exact) mass is 228 g/mol. The molecule has 0 saturated carbocycles. The number of hydrogen-bond donors (Lipinski definition) is 2. The molecule has 1 aromatic rings. The van der Waals surface area contributed by atoms with E-state index in [1.165, 1.54) is 0 Å². The average Bonchev–Trinajstić information content (AvgIpc) is 2.58. The second-order valence-electron chi connectivity index (χ2n) is 3.29. The Morgan fingerprint density at radius 2 is 2.47 bits per heavy atom. The van der Waals surface area contributed by atoms with E-state index >= 15 is 0 Å². The number of hydrogen-bond acceptors (Lipinski definition) is 4. The lowest BCUT2D eigenvalue weighted by Crippen LogP contribution is -2.41. The van der Waals surface area contributed by atoms with Crippen molar-refractivity contribution in [2.24, 2.45) is 5.73 Å². The van der Waals surface area contributed by atoms with Crippen LogP contribution in [-0.4, -0.2) is 24.7 Å². The topological polar surface area (TPSA) is 68.3 Å². The van der Waals surface area contributed by atoms with Crippen LogP contribution in [0.2, 0.25) is 0 Å². The minimum absolute atomic E-state index is 0.273. The summed E-state index contributed by atoms with van der Waals surface area (Å²) >= 11 is 1.63. The molecular formula is C10H16N2O2S. The summed E-state index contributed by atoms with van der Waals surface area (Å²) in [5.41, 5.74) is 6.34. The summed E-state index contributed by atoms with van der Waals surface area (Å²) in [4.78, 5) is 10.9. The molecule has 0 bridgehead atoms. The zero-order valence-corrected chi connectivity index (χ0v) is 9.76. The van der Waals surface area contributed by atoms with E-state index in [1.807, 2.05) is 13.0 Å². The highest BCUT2D eigenvalue weighted by atomic mass is 32.2. The number of nitrogens with one attached hydrogen (secondary N) is 1. The van der Waals surface area contributed by atoms with Crippen LogP contribution in [-0.2, 0) is 10.5 Å². The van der Waals surface area contributed by atoms with Crippen molar-refractivity contribution in [1.29, 1.82) is 0 Å². The Morgan fingerprint density at radius 3 is 2.93 bits per heavy atom. The Hall–Kier alpha value is -0.940. The molecule has 1 unspecified atom stereocenters. The van der Waals surface area contributed by atoms with Crippen LogP contribution in [0.1, 0.15) is 11.3 Å². The van der Waals surface area contributed by atoms with Crippen LogP contribution in [0.15, 0.2) is 16.7 Å². The van der Waals surface area contributed by atoms with Crippen LogP contribution >= 0.6 is 11.8 Å². The molecule has 0 spiro atoms. The number of furan rings is 1. The van der Waals surface area contributed by atoms with E-state index in [-0.39, 0.29) is 11.9 Å². The van der Waals surface area contributed by atoms with Crippen LogP contribution < -0.4 is 11.1 Å². The van der Waals surface area contributed by atoms with Crippen molar-refractivity contribution in [3.05, 3.63) is 23.7 Å². The second-order valence-corrected chi connectivity index (χ2v) is 4.32. The molecule has 1 amide bonds. The molecule has 0 aliphatic rings. The molecule has 1 rings (SSSR count). The molecule has 3 N–H and O–H groups in total. The first-order valence-corrected chi connectivity index (χ1v) is 5.88. The minimum Gasteiger partial charge on any atom is -0.468 e. The second kappa shape index (κ2) is 5.82. The SMILES string of the molecule is CNC(CSCc1occc1C)C(N)=O. The van der Waals surface area contributed by atoms with E-state index in [0.29, 0.717) is 5.75 Å². The molecule has 0 aromatic carbocycles. The van der Waals surface area contributed by atoms with Crippen molar-refractivity contribution in [2.45, 2.75) is 18.7 Å². The number of rotatable bonds is 6. The lowest BCUT2D eigenvalue weighted by atomic mass is 10.3. The molecular weight excluding hydrogens is 212 g/mol. The number of nitrogens with two attached hydrogens (primary N) is 1. The highest BCUT2D eigenvalue weighted by Crippen LogP contribution is 2.17. The lowest BCUT2D eigenvalue weighted by molar-refractivity contribution is -0.119. The van der Waals surface area contributed by atoms with E-state index in [0.717, 1.165) is 17.1 Å². The normalized spacial score (nSPS) is 12.7. The van der Waals surface area contributed by atoms with Gasteiger partial charge in [-0.1, -0.05) is 0 Å². The number of amides is 1. The maximum atomic E-state index is 10.9. The number of thioether (sulfide) groups is 1. The summed E-state index contributed by atoms with van der Waals surface area (Å²) in [7, 11) is 1.73. The van der Waals surface area contributed by atoms with E-state index < -0.39 is 0 Å². The number of likely N-dealkylation sites (N-methyl/N-ethyl adjacent to an activating group) is 1. The number of aryl methyl sites for hydroxylation is 1. The van der Waals surface area contributed by atoms with Crippen molar-refractivity contribution in [1.82, 2.24) is 5.32 Å². The molecule has 0 aliphatic carbocycles. The van der Waals surface area contributed by atoms with Gasteiger partial charge in [0.15, 0.2) is 0 Å². The van der Waals surface area contributed by atoms with Crippen molar-refractivity contribution in [2.75, 3.05) is 12.8 Å². The summed E-state index contributed by atoms with van der Waals surface area (Å²) in [5, 5.41) is 2.87. The third-order valence-corrected chi connectivity index (χ3v) is 3.21. The van der Waals surface area contributed by atoms with Crippen LogP contribution in [0.5, 0.6) is 0 Å². The average molecular weight is 228 g/mol. The van der Waals surface area contributed by atoms with Gasteiger partial charge in [-0.3, -0.25) is 4.79 Å². The van der Waals surface area contributed by atoms with Gasteiger partial charge in [0.2, 0.25) is 5.91 Å². The number of carbonyl (C=O) groups excluding carboxylic acids is 1. The maximum absolute atomic E-state index is 10.9. The first kappa shape index (κ1) is 12.1. The minimum atomic E-state index is -0.318. The zero-order valence-electron chi connectivity index (χ0n) is 8.95. The van der Waals surface area contributed by atoms with E-state index in [2.05, 4.69) is 5.32 Å². The number of carbonyl (C=O) groups is 1. The largest absolute Gasteiger partial charge is 0.468 e. The number of primary amides is 1. The smallest absolute Gasteiger partial charge is 0.235 e. The summed E-state index contributed by atoms with van der Waals surface area (Å²) in [6.07, 6.45) is 1.68. The molecule has 1 aromatic heterocycles. The molecule has 15 heavy (non-hydrogen) atoms. The molecule has 4 nitrogen and oxygen atoms in total. The van der Waals surface area contributed by atoms with Crippen molar-refractivity contribution < 1.29 is 9.21 Å². The molecule has 1 heterocycles. The molecule has 0 aliphatic heterocycles. The summed E-state index contributed by atoms with van der Waals surface area (Å²) < 4.78 is 5.28. The highest BCUT2D eigenvalue weighted by molar-refractivity contribution is 7.98. The molecule has 0 saturated heterocycles. The molecule has 0 radical (unpaired) electrons. The summed E-state index contributed by atoms with van der Waals surface area (Å²) in [5.74, 6) is 2.07. The first-order valence-electron chi connectivity index (χ1n) is 4.72. The Balaban J connectivity index is 2.33. The Morgan fingerprint density at radius 1 is 1.73 bits per heavy atom. The summed E-state index contributed by atoms with van der Waals surface area (Å²) in [6, 6.07) is 1.66. The van der Waals surface area contributed by atoms with Gasteiger partial charge in [0, 0.05) is 5.75 Å². The fourth-order valence-corrected chi connectivity index (χ4v) is 2.29. The molecule has 84 valence electrons. The summed E-state index contributed by atoms with van der Waals surface area (Å²) in [6.45, 7) is 2.00. The third-order valence-electron chi connectivity index (χ3n) is 2.18. The van der Waals surface area contributed by atoms with Crippen LogP contribution in [0.25, 0.3) is 0 Å². The highest BCUT2D eigenvalue weighted by Gasteiger charge is 2.12. The Kier molecular flexibility index (Phi) is 4.71. The van der Waals surface area contributed by atoms with Crippen molar-refractivity contribution in [3.8, 4) is 0 Å². The Labute approximate surface area is 93.6 Å². The predicted octanol–water partition coefficient (Wildman–Crippen LogP) is 0.895. The van der Waals surface area contributed by atoms with Crippen LogP contribution in [0, 0.1) is 6.92 Å². The Bertz CT molecular complexity index is 325. The van der Waals surface area contributed by atoms with Crippen molar-refractivity contribution in [3.63, 3.8) is 0 Å². The standard InChI is InChI=1S/C10H16N2O2S/c1-7-3-4-14-9(7)6-15-5-8(12-2)10(11)13/h3-4,8,12H,5-6H2,1-2H3,(H2,11,13). The van der Waals surface area contributed by atoms with Gasteiger partial charge in [-0.05, 0) is 25.6 Å². The molecule has 0 fully saturated rings. The lowest BCUT2D eigenvalue weighted by Gasteiger charge is -2.10. The fourth-order valence-electron chi connectivity index (χ4n) is 1.13. The third kappa shape index (κ3) is 3.60. The molecule has 1 atom stereocenters. The van der Waals surface area contributed by atoms with Crippen LogP contribution in [0.4, 0.5) is 0 Å². The predicted molar refractivity (Wildman–Crippen MR) is 61.6 cm³/mol. The first-order chi connectivity index (χ1) is 7.15. The van der Waals surface area contributed by atoms with Crippen molar-refractivity contribution >= 4 is 17.7 Å². The van der Waals surface area contributed by atoms with E-state index in [4.69, 9.17) is 10.2 Å². The van der Waals surface area contributed by atoms with Gasteiger partial charge >= 0.3 is 0 Å².